The van der Waals surface area contributed by atoms with E-state index in [1.807, 2.05) is 50.2 Å². The van der Waals surface area contributed by atoms with Crippen LogP contribution in [0, 0.1) is 6.92 Å². The summed E-state index contributed by atoms with van der Waals surface area (Å²) in [5.74, 6) is 1.13. The third-order valence-corrected chi connectivity index (χ3v) is 6.44. The van der Waals surface area contributed by atoms with Gasteiger partial charge in [-0.2, -0.15) is 0 Å². The molecule has 1 heterocycles. The summed E-state index contributed by atoms with van der Waals surface area (Å²) in [5.41, 5.74) is 6.04. The van der Waals surface area contributed by atoms with Gasteiger partial charge in [0.25, 0.3) is 0 Å². The number of rotatable bonds is 6. The molecule has 0 aliphatic rings. The number of carbonyl (C=O) groups excluding carboxylic acids is 1. The van der Waals surface area contributed by atoms with E-state index in [4.69, 9.17) is 13.9 Å². The minimum atomic E-state index is -0.234. The predicted octanol–water partition coefficient (Wildman–Crippen LogP) is 7.62. The lowest BCUT2D eigenvalue weighted by Crippen LogP contribution is -2.08. The van der Waals surface area contributed by atoms with E-state index in [-0.39, 0.29) is 5.91 Å². The Labute approximate surface area is 210 Å². The van der Waals surface area contributed by atoms with E-state index < -0.39 is 0 Å². The Balaban J connectivity index is 1.59. The number of ether oxygens (including phenoxy) is 2. The summed E-state index contributed by atoms with van der Waals surface area (Å²) in [6.07, 6.45) is 3.39. The average Bonchev–Trinajstić information content (AvgIpc) is 3.32. The van der Waals surface area contributed by atoms with Gasteiger partial charge >= 0.3 is 0 Å². The van der Waals surface area contributed by atoms with Gasteiger partial charge in [0.2, 0.25) is 5.91 Å². The van der Waals surface area contributed by atoms with Crippen LogP contribution in [0.25, 0.3) is 38.4 Å². The van der Waals surface area contributed by atoms with Crippen LogP contribution >= 0.6 is 0 Å². The van der Waals surface area contributed by atoms with Gasteiger partial charge in [0.05, 0.1) is 20.5 Å². The summed E-state index contributed by atoms with van der Waals surface area (Å²) in [6, 6.07) is 23.9. The Hall–Kier alpha value is -4.51. The second kappa shape index (κ2) is 9.62. The number of methoxy groups -OCH3 is 2. The second-order valence-electron chi connectivity index (χ2n) is 8.68. The minimum absolute atomic E-state index is 0.234. The van der Waals surface area contributed by atoms with Gasteiger partial charge in [0.1, 0.15) is 17.1 Å². The first kappa shape index (κ1) is 23.2. The highest BCUT2D eigenvalue weighted by molar-refractivity contribution is 6.08. The molecule has 5 nitrogen and oxygen atoms in total. The number of benzene rings is 4. The lowest BCUT2D eigenvalue weighted by Gasteiger charge is -2.14. The highest BCUT2D eigenvalue weighted by Crippen LogP contribution is 2.42. The fourth-order valence-electron chi connectivity index (χ4n) is 4.69. The molecular formula is C31H27NO4. The molecule has 1 aromatic heterocycles. The molecule has 0 fully saturated rings. The molecule has 0 bridgehead atoms. The number of amides is 1. The molecule has 0 unspecified atom stereocenters. The van der Waals surface area contributed by atoms with E-state index in [2.05, 4.69) is 35.6 Å². The van der Waals surface area contributed by atoms with Crippen LogP contribution in [-0.4, -0.2) is 20.1 Å². The lowest BCUT2D eigenvalue weighted by atomic mass is 9.94. The van der Waals surface area contributed by atoms with Gasteiger partial charge in [-0.1, -0.05) is 48.5 Å². The van der Waals surface area contributed by atoms with E-state index in [0.29, 0.717) is 17.2 Å². The van der Waals surface area contributed by atoms with Crippen LogP contribution in [0.15, 0.2) is 89.6 Å². The van der Waals surface area contributed by atoms with Crippen molar-refractivity contribution in [3.05, 3.63) is 96.3 Å². The number of fused-ring (bicyclic) bond motifs is 2. The molecule has 0 atom stereocenters. The zero-order valence-corrected chi connectivity index (χ0v) is 20.7. The van der Waals surface area contributed by atoms with Gasteiger partial charge in [-0.25, -0.2) is 0 Å². The minimum Gasteiger partial charge on any atom is -0.497 e. The normalized spacial score (nSPS) is 11.6. The number of anilines is 1. The molecule has 5 aromatic rings. The molecule has 0 aliphatic heterocycles. The van der Waals surface area contributed by atoms with Gasteiger partial charge in [0, 0.05) is 39.9 Å². The number of furan rings is 1. The molecule has 180 valence electrons. The van der Waals surface area contributed by atoms with E-state index in [1.165, 1.54) is 5.39 Å². The lowest BCUT2D eigenvalue weighted by molar-refractivity contribution is -0.111. The standard InChI is InChI=1S/C31H27NO4/c1-19(15-29(33)32-22-11-8-12-23(16-22)34-3)26-17-27-28(18-36-31(27)20(2)30(26)35-4)25-14-7-10-21-9-5-6-13-24(21)25/h5-18H,1-4H3,(H,32,33)/b19-15+. The first-order valence-electron chi connectivity index (χ1n) is 11.7. The third kappa shape index (κ3) is 4.20. The molecule has 0 aliphatic carbocycles. The van der Waals surface area contributed by atoms with Crippen molar-refractivity contribution in [2.45, 2.75) is 13.8 Å². The fraction of sp³-hybridized carbons (Fsp3) is 0.129. The summed E-state index contributed by atoms with van der Waals surface area (Å²) in [5, 5.41) is 6.20. The van der Waals surface area contributed by atoms with Gasteiger partial charge in [-0.05, 0) is 54.0 Å². The van der Waals surface area contributed by atoms with Crippen molar-refractivity contribution in [3.8, 4) is 22.6 Å². The number of hydrogen-bond donors (Lipinski definition) is 1. The quantitative estimate of drug-likeness (QED) is 0.256. The number of carbonyl (C=O) groups is 1. The van der Waals surface area contributed by atoms with E-state index in [0.717, 1.165) is 44.2 Å². The van der Waals surface area contributed by atoms with Gasteiger partial charge in [0.15, 0.2) is 0 Å². The Morgan fingerprint density at radius 2 is 1.67 bits per heavy atom. The average molecular weight is 478 g/mol. The van der Waals surface area contributed by atoms with Crippen LogP contribution in [0.1, 0.15) is 18.1 Å². The molecule has 0 saturated carbocycles. The van der Waals surface area contributed by atoms with Crippen molar-refractivity contribution in [3.63, 3.8) is 0 Å². The molecule has 0 saturated heterocycles. The van der Waals surface area contributed by atoms with Gasteiger partial charge < -0.3 is 19.2 Å². The molecular weight excluding hydrogens is 450 g/mol. The monoisotopic (exact) mass is 477 g/mol. The van der Waals surface area contributed by atoms with Crippen molar-refractivity contribution < 1.29 is 18.7 Å². The SMILES string of the molecule is COc1cccc(NC(=O)/C=C(\C)c2cc3c(-c4cccc5ccccc45)coc3c(C)c2OC)c1. The first-order chi connectivity index (χ1) is 17.5. The van der Waals surface area contributed by atoms with Crippen molar-refractivity contribution in [1.82, 2.24) is 0 Å². The Kier molecular flexibility index (Phi) is 6.21. The number of hydrogen-bond acceptors (Lipinski definition) is 4. The molecule has 0 radical (unpaired) electrons. The largest absolute Gasteiger partial charge is 0.497 e. The topological polar surface area (TPSA) is 60.7 Å². The first-order valence-corrected chi connectivity index (χ1v) is 11.7. The van der Waals surface area contributed by atoms with Crippen molar-refractivity contribution in [2.24, 2.45) is 0 Å². The fourth-order valence-corrected chi connectivity index (χ4v) is 4.69. The molecule has 0 spiro atoms. The molecule has 5 rings (SSSR count). The van der Waals surface area contributed by atoms with E-state index in [9.17, 15) is 4.79 Å². The van der Waals surface area contributed by atoms with Crippen LogP contribution in [-0.2, 0) is 4.79 Å². The molecule has 1 N–H and O–H groups in total. The molecule has 36 heavy (non-hydrogen) atoms. The molecule has 4 aromatic carbocycles. The summed E-state index contributed by atoms with van der Waals surface area (Å²) < 4.78 is 17.1. The van der Waals surface area contributed by atoms with Crippen LogP contribution in [0.2, 0.25) is 0 Å². The van der Waals surface area contributed by atoms with Crippen molar-refractivity contribution in [2.75, 3.05) is 19.5 Å². The number of allylic oxidation sites excluding steroid dienone is 1. The van der Waals surface area contributed by atoms with Crippen LogP contribution in [0.5, 0.6) is 11.5 Å². The maximum Gasteiger partial charge on any atom is 0.248 e. The summed E-state index contributed by atoms with van der Waals surface area (Å²) >= 11 is 0. The second-order valence-corrected chi connectivity index (χ2v) is 8.68. The Morgan fingerprint density at radius 1 is 0.889 bits per heavy atom. The molecule has 1 amide bonds. The zero-order chi connectivity index (χ0) is 25.2. The summed E-state index contributed by atoms with van der Waals surface area (Å²) in [7, 11) is 3.23. The Morgan fingerprint density at radius 3 is 2.47 bits per heavy atom. The highest BCUT2D eigenvalue weighted by Gasteiger charge is 2.19. The van der Waals surface area contributed by atoms with Crippen LogP contribution in [0.4, 0.5) is 5.69 Å². The highest BCUT2D eigenvalue weighted by atomic mass is 16.5. The van der Waals surface area contributed by atoms with Crippen molar-refractivity contribution in [1.29, 1.82) is 0 Å². The zero-order valence-electron chi connectivity index (χ0n) is 20.7. The molecule has 5 heteroatoms. The summed E-state index contributed by atoms with van der Waals surface area (Å²) in [4.78, 5) is 12.8. The smallest absolute Gasteiger partial charge is 0.248 e. The number of nitrogens with one attached hydrogen (secondary N) is 1. The van der Waals surface area contributed by atoms with Crippen molar-refractivity contribution >= 4 is 38.9 Å². The maximum atomic E-state index is 12.8. The maximum absolute atomic E-state index is 12.8. The number of aryl methyl sites for hydroxylation is 1. The predicted molar refractivity (Wildman–Crippen MR) is 146 cm³/mol. The van der Waals surface area contributed by atoms with E-state index >= 15 is 0 Å². The third-order valence-electron chi connectivity index (χ3n) is 6.44. The van der Waals surface area contributed by atoms with Crippen LogP contribution in [0.3, 0.4) is 0 Å². The van der Waals surface area contributed by atoms with Gasteiger partial charge in [-0.3, -0.25) is 4.79 Å². The van der Waals surface area contributed by atoms with E-state index in [1.54, 1.807) is 32.6 Å². The summed E-state index contributed by atoms with van der Waals surface area (Å²) in [6.45, 7) is 3.89. The van der Waals surface area contributed by atoms with Crippen LogP contribution < -0.4 is 14.8 Å². The Bertz CT molecular complexity index is 1620. The van der Waals surface area contributed by atoms with Gasteiger partial charge in [-0.15, -0.1) is 0 Å².